The number of nitriles is 1. The van der Waals surface area contributed by atoms with Gasteiger partial charge in [0.15, 0.2) is 0 Å². The number of carbonyl (C=O) groups is 1. The third kappa shape index (κ3) is 3.20. The average Bonchev–Trinajstić information content (AvgIpc) is 3.14. The summed E-state index contributed by atoms with van der Waals surface area (Å²) in [4.78, 5) is 21.1. The molecule has 142 valence electrons. The van der Waals surface area contributed by atoms with Crippen LogP contribution in [0.5, 0.6) is 0 Å². The molecule has 3 aromatic rings. The highest BCUT2D eigenvalue weighted by Crippen LogP contribution is 2.27. The summed E-state index contributed by atoms with van der Waals surface area (Å²) in [5, 5.41) is 10.3. The van der Waals surface area contributed by atoms with Crippen LogP contribution in [0.4, 0.5) is 5.82 Å². The lowest BCUT2D eigenvalue weighted by Crippen LogP contribution is -2.49. The van der Waals surface area contributed by atoms with Gasteiger partial charge >= 0.3 is 0 Å². The minimum absolute atomic E-state index is 0.0992. The van der Waals surface area contributed by atoms with Crippen LogP contribution in [0.25, 0.3) is 11.0 Å². The Hall–Kier alpha value is -3.33. The molecule has 0 saturated carbocycles. The number of aromatic nitrogens is 1. The molecule has 1 amide bonds. The van der Waals surface area contributed by atoms with Gasteiger partial charge in [-0.1, -0.05) is 12.1 Å². The largest absolute Gasteiger partial charge is 0.464 e. The van der Waals surface area contributed by atoms with Crippen molar-refractivity contribution in [1.29, 1.82) is 5.26 Å². The number of piperazine rings is 1. The quantitative estimate of drug-likeness (QED) is 0.704. The monoisotopic (exact) mass is 374 g/mol. The molecular weight excluding hydrogens is 352 g/mol. The SMILES string of the molecule is Cc1ccc2c(CC(=O)N3CCN(c4ncccc4C#N)CC3)coc2c1C. The molecule has 0 atom stereocenters. The Morgan fingerprint density at radius 1 is 1.21 bits per heavy atom. The Labute approximate surface area is 164 Å². The van der Waals surface area contributed by atoms with Crippen molar-refractivity contribution >= 4 is 22.7 Å². The highest BCUT2D eigenvalue weighted by molar-refractivity contribution is 5.89. The van der Waals surface area contributed by atoms with Gasteiger partial charge < -0.3 is 14.2 Å². The van der Waals surface area contributed by atoms with E-state index < -0.39 is 0 Å². The first kappa shape index (κ1) is 18.1. The second kappa shape index (κ2) is 7.35. The Morgan fingerprint density at radius 3 is 2.75 bits per heavy atom. The molecule has 0 bridgehead atoms. The molecule has 0 N–H and O–H groups in total. The zero-order valence-corrected chi connectivity index (χ0v) is 16.1. The summed E-state index contributed by atoms with van der Waals surface area (Å²) in [5.41, 5.74) is 4.67. The van der Waals surface area contributed by atoms with Crippen LogP contribution in [-0.2, 0) is 11.2 Å². The predicted molar refractivity (Wildman–Crippen MR) is 107 cm³/mol. The first-order chi connectivity index (χ1) is 13.6. The number of anilines is 1. The molecule has 1 aliphatic rings. The van der Waals surface area contributed by atoms with Gasteiger partial charge in [-0.05, 0) is 37.1 Å². The van der Waals surface area contributed by atoms with E-state index >= 15 is 0 Å². The maximum Gasteiger partial charge on any atom is 0.227 e. The van der Waals surface area contributed by atoms with Crippen LogP contribution >= 0.6 is 0 Å². The second-order valence-electron chi connectivity index (χ2n) is 7.18. The standard InChI is InChI=1S/C22H22N4O2/c1-15-5-6-19-18(14-28-21(19)16(15)2)12-20(27)25-8-10-26(11-9-25)22-17(13-23)4-3-7-24-22/h3-7,14H,8-12H2,1-2H3. The zero-order valence-electron chi connectivity index (χ0n) is 16.1. The van der Waals surface area contributed by atoms with E-state index in [1.54, 1.807) is 24.6 Å². The van der Waals surface area contributed by atoms with Gasteiger partial charge in [0, 0.05) is 43.3 Å². The summed E-state index contributed by atoms with van der Waals surface area (Å²) >= 11 is 0. The number of fused-ring (bicyclic) bond motifs is 1. The number of benzene rings is 1. The smallest absolute Gasteiger partial charge is 0.227 e. The molecule has 2 aromatic heterocycles. The molecule has 6 nitrogen and oxygen atoms in total. The number of pyridine rings is 1. The summed E-state index contributed by atoms with van der Waals surface area (Å²) in [6.45, 7) is 6.67. The molecule has 1 saturated heterocycles. The maximum absolute atomic E-state index is 12.8. The van der Waals surface area contributed by atoms with Gasteiger partial charge in [0.1, 0.15) is 17.5 Å². The van der Waals surface area contributed by atoms with Crippen molar-refractivity contribution in [3.63, 3.8) is 0 Å². The number of hydrogen-bond donors (Lipinski definition) is 0. The van der Waals surface area contributed by atoms with Crippen LogP contribution in [0.15, 0.2) is 41.1 Å². The third-order valence-corrected chi connectivity index (χ3v) is 5.52. The molecular formula is C22H22N4O2. The molecule has 0 spiro atoms. The van der Waals surface area contributed by atoms with Crippen molar-refractivity contribution < 1.29 is 9.21 Å². The van der Waals surface area contributed by atoms with Crippen molar-refractivity contribution in [2.45, 2.75) is 20.3 Å². The van der Waals surface area contributed by atoms with Crippen LogP contribution in [0.3, 0.4) is 0 Å². The van der Waals surface area contributed by atoms with Crippen LogP contribution in [0.2, 0.25) is 0 Å². The molecule has 28 heavy (non-hydrogen) atoms. The number of amides is 1. The molecule has 3 heterocycles. The van der Waals surface area contributed by atoms with Gasteiger partial charge in [-0.2, -0.15) is 5.26 Å². The molecule has 1 aliphatic heterocycles. The molecule has 1 fully saturated rings. The maximum atomic E-state index is 12.8. The molecule has 4 rings (SSSR count). The first-order valence-corrected chi connectivity index (χ1v) is 9.42. The van der Waals surface area contributed by atoms with E-state index in [0.29, 0.717) is 44.0 Å². The van der Waals surface area contributed by atoms with Gasteiger partial charge in [0.2, 0.25) is 5.91 Å². The highest BCUT2D eigenvalue weighted by atomic mass is 16.3. The summed E-state index contributed by atoms with van der Waals surface area (Å²) in [7, 11) is 0. The Balaban J connectivity index is 1.44. The summed E-state index contributed by atoms with van der Waals surface area (Å²) in [6.07, 6.45) is 3.74. The lowest BCUT2D eigenvalue weighted by Gasteiger charge is -2.35. The van der Waals surface area contributed by atoms with Crippen molar-refractivity contribution in [2.24, 2.45) is 0 Å². The van der Waals surface area contributed by atoms with E-state index in [2.05, 4.69) is 28.9 Å². The number of nitrogens with zero attached hydrogens (tertiary/aromatic N) is 4. The molecule has 1 aromatic carbocycles. The van der Waals surface area contributed by atoms with E-state index in [9.17, 15) is 10.1 Å². The van der Waals surface area contributed by atoms with Crippen molar-refractivity contribution in [3.8, 4) is 6.07 Å². The van der Waals surface area contributed by atoms with Crippen LogP contribution in [-0.4, -0.2) is 42.0 Å². The summed E-state index contributed by atoms with van der Waals surface area (Å²) in [5.74, 6) is 0.797. The summed E-state index contributed by atoms with van der Waals surface area (Å²) in [6, 6.07) is 9.83. The zero-order chi connectivity index (χ0) is 19.7. The molecule has 6 heteroatoms. The number of furan rings is 1. The van der Waals surface area contributed by atoms with Gasteiger partial charge in [-0.15, -0.1) is 0 Å². The minimum atomic E-state index is 0.0992. The van der Waals surface area contributed by atoms with E-state index in [1.807, 2.05) is 17.9 Å². The Morgan fingerprint density at radius 2 is 2.00 bits per heavy atom. The van der Waals surface area contributed by atoms with E-state index in [4.69, 9.17) is 4.42 Å². The Bertz CT molecular complexity index is 1070. The summed E-state index contributed by atoms with van der Waals surface area (Å²) < 4.78 is 5.73. The fourth-order valence-electron chi connectivity index (χ4n) is 3.70. The third-order valence-electron chi connectivity index (χ3n) is 5.52. The average molecular weight is 374 g/mol. The Kier molecular flexibility index (Phi) is 4.74. The molecule has 0 radical (unpaired) electrons. The lowest BCUT2D eigenvalue weighted by atomic mass is 10.0. The van der Waals surface area contributed by atoms with E-state index in [-0.39, 0.29) is 5.91 Å². The number of carbonyl (C=O) groups excluding carboxylic acids is 1. The fourth-order valence-corrected chi connectivity index (χ4v) is 3.70. The second-order valence-corrected chi connectivity index (χ2v) is 7.18. The van der Waals surface area contributed by atoms with Crippen molar-refractivity contribution in [3.05, 3.63) is 59.0 Å². The first-order valence-electron chi connectivity index (χ1n) is 9.42. The number of rotatable bonds is 3. The van der Waals surface area contributed by atoms with Gasteiger partial charge in [0.05, 0.1) is 18.2 Å². The predicted octanol–water partition coefficient (Wildman–Crippen LogP) is 3.21. The van der Waals surface area contributed by atoms with Crippen LogP contribution < -0.4 is 4.90 Å². The number of aryl methyl sites for hydroxylation is 2. The fraction of sp³-hybridized carbons (Fsp3) is 0.318. The van der Waals surface area contributed by atoms with Crippen LogP contribution in [0.1, 0.15) is 22.3 Å². The molecule has 0 aliphatic carbocycles. The van der Waals surface area contributed by atoms with Crippen LogP contribution in [0, 0.1) is 25.2 Å². The normalized spacial score (nSPS) is 14.3. The van der Waals surface area contributed by atoms with Gasteiger partial charge in [-0.3, -0.25) is 4.79 Å². The van der Waals surface area contributed by atoms with Gasteiger partial charge in [0.25, 0.3) is 0 Å². The van der Waals surface area contributed by atoms with Crippen molar-refractivity contribution in [2.75, 3.05) is 31.1 Å². The topological polar surface area (TPSA) is 73.4 Å². The number of hydrogen-bond acceptors (Lipinski definition) is 5. The van der Waals surface area contributed by atoms with E-state index in [0.717, 1.165) is 22.1 Å². The molecule has 0 unspecified atom stereocenters. The lowest BCUT2D eigenvalue weighted by molar-refractivity contribution is -0.130. The van der Waals surface area contributed by atoms with Crippen molar-refractivity contribution in [1.82, 2.24) is 9.88 Å². The minimum Gasteiger partial charge on any atom is -0.464 e. The van der Waals surface area contributed by atoms with Gasteiger partial charge in [-0.25, -0.2) is 4.98 Å². The van der Waals surface area contributed by atoms with E-state index in [1.165, 1.54) is 5.56 Å². The highest BCUT2D eigenvalue weighted by Gasteiger charge is 2.24.